The standard InChI is InChI=1S/C11H14N2O2/c14-10-4-2-6-13(11(10)15)8-9-3-1-5-12-7-9/h1,3,5,7,10,14H,2,4,6,8H2. The molecule has 1 amide bonds. The fraction of sp³-hybridized carbons (Fsp3) is 0.455. The van der Waals surface area contributed by atoms with E-state index in [0.717, 1.165) is 18.5 Å². The van der Waals surface area contributed by atoms with Crippen molar-refractivity contribution in [2.24, 2.45) is 0 Å². The second kappa shape index (κ2) is 4.40. The van der Waals surface area contributed by atoms with Gasteiger partial charge < -0.3 is 10.0 Å². The second-order valence-electron chi connectivity index (χ2n) is 3.78. The zero-order chi connectivity index (χ0) is 10.7. The van der Waals surface area contributed by atoms with Gasteiger partial charge in [0.2, 0.25) is 0 Å². The summed E-state index contributed by atoms with van der Waals surface area (Å²) in [6.45, 7) is 1.27. The second-order valence-corrected chi connectivity index (χ2v) is 3.78. The van der Waals surface area contributed by atoms with Crippen LogP contribution in [0, 0.1) is 0 Å². The number of hydrogen-bond donors (Lipinski definition) is 1. The van der Waals surface area contributed by atoms with E-state index < -0.39 is 6.10 Å². The molecule has 4 nitrogen and oxygen atoms in total. The van der Waals surface area contributed by atoms with Crippen molar-refractivity contribution < 1.29 is 9.90 Å². The van der Waals surface area contributed by atoms with E-state index >= 15 is 0 Å². The van der Waals surface area contributed by atoms with Gasteiger partial charge in [0.1, 0.15) is 6.10 Å². The number of pyridine rings is 1. The first-order valence-corrected chi connectivity index (χ1v) is 5.13. The van der Waals surface area contributed by atoms with Gasteiger partial charge in [0, 0.05) is 25.5 Å². The van der Waals surface area contributed by atoms with Crippen molar-refractivity contribution in [1.29, 1.82) is 0 Å². The topological polar surface area (TPSA) is 53.4 Å². The molecule has 1 aromatic heterocycles. The van der Waals surface area contributed by atoms with E-state index in [1.807, 2.05) is 12.1 Å². The van der Waals surface area contributed by atoms with Crippen LogP contribution in [0.15, 0.2) is 24.5 Å². The van der Waals surface area contributed by atoms with E-state index in [2.05, 4.69) is 4.98 Å². The van der Waals surface area contributed by atoms with Crippen molar-refractivity contribution in [1.82, 2.24) is 9.88 Å². The number of rotatable bonds is 2. The van der Waals surface area contributed by atoms with Crippen molar-refractivity contribution in [2.75, 3.05) is 6.54 Å². The molecule has 0 spiro atoms. The average molecular weight is 206 g/mol. The number of likely N-dealkylation sites (tertiary alicyclic amines) is 1. The Morgan fingerprint density at radius 2 is 2.47 bits per heavy atom. The number of piperidine rings is 1. The first-order valence-electron chi connectivity index (χ1n) is 5.13. The first-order chi connectivity index (χ1) is 7.27. The predicted octanol–water partition coefficient (Wildman–Crippen LogP) is 0.565. The number of aliphatic hydroxyl groups excluding tert-OH is 1. The molecule has 1 aliphatic heterocycles. The minimum absolute atomic E-state index is 0.162. The highest BCUT2D eigenvalue weighted by Crippen LogP contribution is 2.14. The summed E-state index contributed by atoms with van der Waals surface area (Å²) in [5.74, 6) is -0.162. The van der Waals surface area contributed by atoms with E-state index in [9.17, 15) is 9.90 Å². The van der Waals surface area contributed by atoms with Gasteiger partial charge >= 0.3 is 0 Å². The molecule has 0 aliphatic carbocycles. The Morgan fingerprint density at radius 1 is 1.60 bits per heavy atom. The van der Waals surface area contributed by atoms with Crippen LogP contribution in [0.2, 0.25) is 0 Å². The fourth-order valence-corrected chi connectivity index (χ4v) is 1.79. The monoisotopic (exact) mass is 206 g/mol. The Kier molecular flexibility index (Phi) is 2.97. The molecule has 2 heterocycles. The van der Waals surface area contributed by atoms with Gasteiger partial charge in [0.05, 0.1) is 0 Å². The number of aliphatic hydroxyl groups is 1. The summed E-state index contributed by atoms with van der Waals surface area (Å²) in [6.07, 6.45) is 4.09. The maximum atomic E-state index is 11.6. The van der Waals surface area contributed by atoms with Crippen LogP contribution in [-0.4, -0.2) is 33.5 Å². The predicted molar refractivity (Wildman–Crippen MR) is 54.9 cm³/mol. The van der Waals surface area contributed by atoms with Gasteiger partial charge in [0.15, 0.2) is 0 Å². The Balaban J connectivity index is 2.03. The lowest BCUT2D eigenvalue weighted by atomic mass is 10.1. The molecule has 1 aliphatic rings. The maximum absolute atomic E-state index is 11.6. The van der Waals surface area contributed by atoms with Crippen molar-refractivity contribution in [2.45, 2.75) is 25.5 Å². The number of amides is 1. The van der Waals surface area contributed by atoms with Crippen molar-refractivity contribution >= 4 is 5.91 Å². The normalized spacial score (nSPS) is 21.8. The van der Waals surface area contributed by atoms with Crippen LogP contribution in [0.1, 0.15) is 18.4 Å². The molecule has 0 radical (unpaired) electrons. The summed E-state index contributed by atoms with van der Waals surface area (Å²) < 4.78 is 0. The Bertz CT molecular complexity index is 340. The SMILES string of the molecule is O=C1C(O)CCCN1Cc1cccnc1. The molecule has 15 heavy (non-hydrogen) atoms. The smallest absolute Gasteiger partial charge is 0.251 e. The Hall–Kier alpha value is -1.42. The molecule has 1 saturated heterocycles. The third-order valence-electron chi connectivity index (χ3n) is 2.60. The maximum Gasteiger partial charge on any atom is 0.251 e. The summed E-state index contributed by atoms with van der Waals surface area (Å²) in [5, 5.41) is 9.42. The first kappa shape index (κ1) is 10.1. The van der Waals surface area contributed by atoms with E-state index in [4.69, 9.17) is 0 Å². The molecule has 2 rings (SSSR count). The summed E-state index contributed by atoms with van der Waals surface area (Å²) in [7, 11) is 0. The summed E-state index contributed by atoms with van der Waals surface area (Å²) in [6, 6.07) is 3.78. The van der Waals surface area contributed by atoms with Crippen LogP contribution in [0.3, 0.4) is 0 Å². The quantitative estimate of drug-likeness (QED) is 0.769. The number of aromatic nitrogens is 1. The largest absolute Gasteiger partial charge is 0.383 e. The van der Waals surface area contributed by atoms with Crippen LogP contribution in [0.4, 0.5) is 0 Å². The van der Waals surface area contributed by atoms with Gasteiger partial charge in [-0.3, -0.25) is 9.78 Å². The van der Waals surface area contributed by atoms with Gasteiger partial charge in [-0.15, -0.1) is 0 Å². The lowest BCUT2D eigenvalue weighted by molar-refractivity contribution is -0.144. The summed E-state index contributed by atoms with van der Waals surface area (Å²) >= 11 is 0. The highest BCUT2D eigenvalue weighted by Gasteiger charge is 2.26. The highest BCUT2D eigenvalue weighted by atomic mass is 16.3. The minimum Gasteiger partial charge on any atom is -0.383 e. The van der Waals surface area contributed by atoms with E-state index in [0.29, 0.717) is 13.0 Å². The minimum atomic E-state index is -0.810. The van der Waals surface area contributed by atoms with Gasteiger partial charge in [-0.05, 0) is 24.5 Å². The molecule has 1 fully saturated rings. The highest BCUT2D eigenvalue weighted by molar-refractivity contribution is 5.81. The Labute approximate surface area is 88.6 Å². The third kappa shape index (κ3) is 2.33. The molecule has 1 aromatic rings. The van der Waals surface area contributed by atoms with Gasteiger partial charge in [-0.2, -0.15) is 0 Å². The number of nitrogens with zero attached hydrogens (tertiary/aromatic N) is 2. The number of hydrogen-bond acceptors (Lipinski definition) is 3. The zero-order valence-electron chi connectivity index (χ0n) is 8.47. The Morgan fingerprint density at radius 3 is 3.20 bits per heavy atom. The third-order valence-corrected chi connectivity index (χ3v) is 2.60. The van der Waals surface area contributed by atoms with Crippen LogP contribution < -0.4 is 0 Å². The van der Waals surface area contributed by atoms with Crippen molar-refractivity contribution in [3.05, 3.63) is 30.1 Å². The van der Waals surface area contributed by atoms with E-state index in [1.165, 1.54) is 0 Å². The molecule has 1 atom stereocenters. The number of carbonyl (C=O) groups excluding carboxylic acids is 1. The average Bonchev–Trinajstić information content (AvgIpc) is 2.26. The van der Waals surface area contributed by atoms with Gasteiger partial charge in [-0.25, -0.2) is 0 Å². The molecule has 1 N–H and O–H groups in total. The molecule has 80 valence electrons. The van der Waals surface area contributed by atoms with Crippen LogP contribution in [0.5, 0.6) is 0 Å². The van der Waals surface area contributed by atoms with Crippen molar-refractivity contribution in [3.63, 3.8) is 0 Å². The van der Waals surface area contributed by atoms with E-state index in [1.54, 1.807) is 17.3 Å². The van der Waals surface area contributed by atoms with Crippen molar-refractivity contribution in [3.8, 4) is 0 Å². The summed E-state index contributed by atoms with van der Waals surface area (Å²) in [4.78, 5) is 17.3. The lowest BCUT2D eigenvalue weighted by Gasteiger charge is -2.29. The molecule has 4 heteroatoms. The van der Waals surface area contributed by atoms with Crippen LogP contribution in [-0.2, 0) is 11.3 Å². The zero-order valence-corrected chi connectivity index (χ0v) is 8.47. The fourth-order valence-electron chi connectivity index (χ4n) is 1.79. The molecule has 0 saturated carbocycles. The molecule has 1 unspecified atom stereocenters. The summed E-state index contributed by atoms with van der Waals surface area (Å²) in [5.41, 5.74) is 1.000. The molecule has 0 bridgehead atoms. The van der Waals surface area contributed by atoms with Gasteiger partial charge in [0.25, 0.3) is 5.91 Å². The van der Waals surface area contributed by atoms with Gasteiger partial charge in [-0.1, -0.05) is 6.07 Å². The molecular weight excluding hydrogens is 192 g/mol. The molecule has 0 aromatic carbocycles. The van der Waals surface area contributed by atoms with E-state index in [-0.39, 0.29) is 5.91 Å². The lowest BCUT2D eigenvalue weighted by Crippen LogP contribution is -2.43. The van der Waals surface area contributed by atoms with Crippen LogP contribution in [0.25, 0.3) is 0 Å². The van der Waals surface area contributed by atoms with Crippen LogP contribution >= 0.6 is 0 Å². The number of carbonyl (C=O) groups is 1. The molecular formula is C11H14N2O2.